The fourth-order valence-electron chi connectivity index (χ4n) is 9.64. The fourth-order valence-corrected chi connectivity index (χ4v) is 9.64. The topological polar surface area (TPSA) is 199 Å². The van der Waals surface area contributed by atoms with Crippen molar-refractivity contribution in [2.24, 2.45) is 17.8 Å². The number of hydrogen-bond donors (Lipinski definition) is 0. The van der Waals surface area contributed by atoms with E-state index in [4.69, 9.17) is 47.4 Å². The number of esters is 3. The predicted molar refractivity (Wildman–Crippen MR) is 231 cm³/mol. The highest BCUT2D eigenvalue weighted by Gasteiger charge is 2.54. The van der Waals surface area contributed by atoms with Crippen LogP contribution < -0.4 is 0 Å². The first-order chi connectivity index (χ1) is 29.8. The molecule has 4 rings (SSSR count). The SMILES string of the molecule is CC[C@@H]1OC(=O)[C@H](C)[C@H](OC2C[C@@](C)(OC)[C@@H](OC(C)=O)[C@@H](C)O2)[C@@H](C)[C@H](O[C@@H]2O[C@H](C)C[C@H](N(C)C)[C@@H]2OC(C)=O)[C@@](C)(OC)C[C@H](C)C(=O)/C(C)=C/[C@]1(C)OC(=O)n1ccnc1. The van der Waals surface area contributed by atoms with E-state index < -0.39 is 108 Å². The molecule has 18 heteroatoms. The maximum Gasteiger partial charge on any atom is 0.420 e. The number of imidazole rings is 1. The summed E-state index contributed by atoms with van der Waals surface area (Å²) in [6.45, 7) is 20.2. The van der Waals surface area contributed by atoms with Crippen LogP contribution in [0.5, 0.6) is 0 Å². The number of carbonyl (C=O) groups is 5. The standard InChI is InChI=1S/C46H73N3O15/c1-17-34-44(10,64-43(54)49-19-18-47-24-49)21-25(2)36(52)26(3)22-45(11,55-15)39(63-42-38(59-31(8)50)33(48(13)14)20-27(4)57-42)28(5)37(29(6)41(53)61-34)62-35-23-46(12,56-16)40(30(7)58-35)60-32(9)51/h18-19,21,24,26-30,33-35,37-40,42H,17,20,22-23H2,1-16H3/b25-21+/t26-,27+,28+,29+,30+,33-,34-,35?,37+,38-,39-,40-,42-,44-,45-,46+/m0/s1. The van der Waals surface area contributed by atoms with Gasteiger partial charge >= 0.3 is 24.0 Å². The molecule has 0 saturated carbocycles. The van der Waals surface area contributed by atoms with E-state index in [1.165, 1.54) is 52.9 Å². The van der Waals surface area contributed by atoms with Crippen molar-refractivity contribution in [3.8, 4) is 0 Å². The van der Waals surface area contributed by atoms with Crippen LogP contribution in [0.2, 0.25) is 0 Å². The number of likely N-dealkylation sites (N-methyl/N-ethyl adjacent to an activating group) is 1. The number of methoxy groups -OCH3 is 2. The monoisotopic (exact) mass is 908 g/mol. The van der Waals surface area contributed by atoms with E-state index in [-0.39, 0.29) is 42.8 Å². The zero-order chi connectivity index (χ0) is 48.1. The molecule has 0 bridgehead atoms. The van der Waals surface area contributed by atoms with E-state index in [1.54, 1.807) is 48.5 Å². The van der Waals surface area contributed by atoms with Crippen molar-refractivity contribution in [2.45, 2.75) is 187 Å². The predicted octanol–water partition coefficient (Wildman–Crippen LogP) is 5.42. The molecule has 0 aromatic carbocycles. The third-order valence-electron chi connectivity index (χ3n) is 13.1. The summed E-state index contributed by atoms with van der Waals surface area (Å²) < 4.78 is 64.5. The molecule has 64 heavy (non-hydrogen) atoms. The van der Waals surface area contributed by atoms with Crippen molar-refractivity contribution >= 4 is 29.8 Å². The lowest BCUT2D eigenvalue weighted by molar-refractivity contribution is -0.320. The van der Waals surface area contributed by atoms with E-state index in [9.17, 15) is 24.0 Å². The van der Waals surface area contributed by atoms with Crippen molar-refractivity contribution in [2.75, 3.05) is 28.3 Å². The Morgan fingerprint density at radius 1 is 0.891 bits per heavy atom. The molecule has 4 heterocycles. The first-order valence-electron chi connectivity index (χ1n) is 22.2. The Morgan fingerprint density at radius 3 is 2.06 bits per heavy atom. The van der Waals surface area contributed by atoms with Gasteiger partial charge in [-0.3, -0.25) is 19.2 Å². The van der Waals surface area contributed by atoms with E-state index in [1.807, 2.05) is 39.8 Å². The quantitative estimate of drug-likeness (QED) is 0.201. The van der Waals surface area contributed by atoms with Gasteiger partial charge in [0, 0.05) is 58.7 Å². The fraction of sp³-hybridized carbons (Fsp3) is 0.783. The second-order valence-electron chi connectivity index (χ2n) is 18.7. The van der Waals surface area contributed by atoms with Crippen LogP contribution in [0.1, 0.15) is 109 Å². The second kappa shape index (κ2) is 21.7. The number of cyclic esters (lactones) is 1. The third-order valence-corrected chi connectivity index (χ3v) is 13.1. The second-order valence-corrected chi connectivity index (χ2v) is 18.7. The van der Waals surface area contributed by atoms with Gasteiger partial charge < -0.3 is 52.3 Å². The number of rotatable bonds is 11. The van der Waals surface area contributed by atoms with Crippen LogP contribution >= 0.6 is 0 Å². The molecular formula is C46H73N3O15. The minimum absolute atomic E-state index is 0.0849. The van der Waals surface area contributed by atoms with Crippen molar-refractivity contribution < 1.29 is 71.3 Å². The van der Waals surface area contributed by atoms with Crippen LogP contribution in [0, 0.1) is 17.8 Å². The highest BCUT2D eigenvalue weighted by molar-refractivity contribution is 5.96. The number of hydrogen-bond acceptors (Lipinski definition) is 17. The van der Waals surface area contributed by atoms with Crippen LogP contribution in [0.3, 0.4) is 0 Å². The van der Waals surface area contributed by atoms with Crippen LogP contribution in [0.4, 0.5) is 4.79 Å². The zero-order valence-electron chi connectivity index (χ0n) is 40.6. The smallest absolute Gasteiger partial charge is 0.420 e. The van der Waals surface area contributed by atoms with Crippen molar-refractivity contribution in [3.05, 3.63) is 30.4 Å². The Balaban J connectivity index is 1.93. The lowest BCUT2D eigenvalue weighted by Gasteiger charge is -2.50. The maximum atomic E-state index is 14.8. The van der Waals surface area contributed by atoms with Crippen LogP contribution in [-0.4, -0.2) is 151 Å². The number of nitrogens with zero attached hydrogens (tertiary/aromatic N) is 3. The molecule has 0 radical (unpaired) electrons. The van der Waals surface area contributed by atoms with Gasteiger partial charge in [-0.1, -0.05) is 20.8 Å². The lowest BCUT2D eigenvalue weighted by Crippen LogP contribution is -2.61. The Hall–Kier alpha value is -3.78. The molecule has 16 atom stereocenters. The molecule has 0 N–H and O–H groups in total. The molecule has 2 saturated heterocycles. The van der Waals surface area contributed by atoms with Gasteiger partial charge in [0.2, 0.25) is 0 Å². The van der Waals surface area contributed by atoms with Crippen LogP contribution in [0.25, 0.3) is 0 Å². The minimum Gasteiger partial charge on any atom is -0.457 e. The number of allylic oxidation sites excluding steroid dienone is 1. The zero-order valence-corrected chi connectivity index (χ0v) is 40.6. The Kier molecular flexibility index (Phi) is 17.9. The average Bonchev–Trinajstić information content (AvgIpc) is 3.77. The molecule has 0 amide bonds. The summed E-state index contributed by atoms with van der Waals surface area (Å²) >= 11 is 0. The number of carbonyl (C=O) groups excluding carboxylic acids is 5. The largest absolute Gasteiger partial charge is 0.457 e. The van der Waals surface area contributed by atoms with Crippen molar-refractivity contribution in [1.29, 1.82) is 0 Å². The highest BCUT2D eigenvalue weighted by Crippen LogP contribution is 2.42. The Bertz CT molecular complexity index is 1810. The highest BCUT2D eigenvalue weighted by atomic mass is 16.7. The summed E-state index contributed by atoms with van der Waals surface area (Å²) in [6, 6.07) is -0.299. The lowest BCUT2D eigenvalue weighted by atomic mass is 9.76. The van der Waals surface area contributed by atoms with Gasteiger partial charge in [0.05, 0.1) is 42.0 Å². The summed E-state index contributed by atoms with van der Waals surface area (Å²) in [5.41, 5.74) is -3.75. The number of ether oxygens (including phenoxy) is 10. The van der Waals surface area contributed by atoms with Gasteiger partial charge in [0.1, 0.15) is 18.0 Å². The normalized spacial score (nSPS) is 40.1. The summed E-state index contributed by atoms with van der Waals surface area (Å²) in [5, 5.41) is 0. The number of Topliss-reactive ketones (excluding diaryl/α,β-unsaturated/α-hetero) is 1. The number of ketones is 1. The molecule has 1 aromatic heterocycles. The summed E-state index contributed by atoms with van der Waals surface area (Å²) in [6.07, 6.45) is -2.27. The van der Waals surface area contributed by atoms with Crippen molar-refractivity contribution in [1.82, 2.24) is 14.5 Å². The molecule has 0 spiro atoms. The first-order valence-corrected chi connectivity index (χ1v) is 22.2. The molecule has 18 nitrogen and oxygen atoms in total. The summed E-state index contributed by atoms with van der Waals surface area (Å²) in [4.78, 5) is 73.6. The minimum atomic E-state index is -1.63. The molecule has 0 aliphatic carbocycles. The van der Waals surface area contributed by atoms with Gasteiger partial charge in [-0.2, -0.15) is 0 Å². The summed E-state index contributed by atoms with van der Waals surface area (Å²) in [7, 11) is 6.80. The molecule has 3 aliphatic rings. The van der Waals surface area contributed by atoms with Gasteiger partial charge in [-0.15, -0.1) is 0 Å². The van der Waals surface area contributed by atoms with E-state index in [0.29, 0.717) is 6.42 Å². The third kappa shape index (κ3) is 12.2. The van der Waals surface area contributed by atoms with Gasteiger partial charge in [-0.05, 0) is 93.5 Å². The van der Waals surface area contributed by atoms with E-state index in [0.717, 1.165) is 4.57 Å². The molecular weight excluding hydrogens is 835 g/mol. The molecule has 1 unspecified atom stereocenters. The maximum absolute atomic E-state index is 14.8. The first kappa shape index (κ1) is 52.8. The van der Waals surface area contributed by atoms with Crippen LogP contribution in [-0.2, 0) is 66.5 Å². The van der Waals surface area contributed by atoms with E-state index >= 15 is 0 Å². The summed E-state index contributed by atoms with van der Waals surface area (Å²) in [5.74, 6) is -4.59. The Labute approximate surface area is 378 Å². The van der Waals surface area contributed by atoms with Crippen molar-refractivity contribution in [3.63, 3.8) is 0 Å². The van der Waals surface area contributed by atoms with Gasteiger partial charge in [-0.25, -0.2) is 14.3 Å². The van der Waals surface area contributed by atoms with Gasteiger partial charge in [0.25, 0.3) is 0 Å². The number of aromatic nitrogens is 2. The van der Waals surface area contributed by atoms with E-state index in [2.05, 4.69) is 4.98 Å². The average molecular weight is 908 g/mol. The van der Waals surface area contributed by atoms with Gasteiger partial charge in [0.15, 0.2) is 36.2 Å². The molecule has 3 aliphatic heterocycles. The molecule has 2 fully saturated rings. The Morgan fingerprint density at radius 2 is 1.52 bits per heavy atom. The van der Waals surface area contributed by atoms with Crippen LogP contribution in [0.15, 0.2) is 30.4 Å². The molecule has 1 aromatic rings. The molecule has 362 valence electrons.